The van der Waals surface area contributed by atoms with Crippen LogP contribution in [0.25, 0.3) is 0 Å². The van der Waals surface area contributed by atoms with Crippen molar-refractivity contribution in [3.8, 4) is 0 Å². The molecule has 0 amide bonds. The zero-order valence-corrected chi connectivity index (χ0v) is 11.6. The van der Waals surface area contributed by atoms with Gasteiger partial charge in [0.2, 0.25) is 0 Å². The molecule has 1 heterocycles. The molecule has 88 valence electrons. The predicted molar refractivity (Wildman–Crippen MR) is 73.5 cm³/mol. The summed E-state index contributed by atoms with van der Waals surface area (Å²) in [6, 6.07) is 0. The summed E-state index contributed by atoms with van der Waals surface area (Å²) in [6.45, 7) is 10.1. The molecule has 0 aromatic heterocycles. The van der Waals surface area contributed by atoms with Gasteiger partial charge in [-0.1, -0.05) is 33.0 Å². The molecular weight excluding hydrogens is 224 g/mol. The lowest BCUT2D eigenvalue weighted by molar-refractivity contribution is 0.256. The molecule has 0 aromatic rings. The van der Waals surface area contributed by atoms with Crippen molar-refractivity contribution in [3.63, 3.8) is 0 Å². The highest BCUT2D eigenvalue weighted by molar-refractivity contribution is 7.99. The first-order valence-corrected chi connectivity index (χ1v) is 7.01. The topological polar surface area (TPSA) is 29.3 Å². The minimum atomic E-state index is 0.00314. The molecule has 2 nitrogen and oxygen atoms in total. The van der Waals surface area contributed by atoms with E-state index in [9.17, 15) is 0 Å². The van der Waals surface area contributed by atoms with E-state index in [0.29, 0.717) is 4.99 Å². The summed E-state index contributed by atoms with van der Waals surface area (Å²) in [4.78, 5) is 3.17. The lowest BCUT2D eigenvalue weighted by atomic mass is 9.89. The average Bonchev–Trinajstić information content (AvgIpc) is 2.15. The van der Waals surface area contributed by atoms with E-state index in [2.05, 4.69) is 37.4 Å². The van der Waals surface area contributed by atoms with Crippen LogP contribution in [0.15, 0.2) is 0 Å². The molecule has 0 bridgehead atoms. The highest BCUT2D eigenvalue weighted by atomic mass is 32.2. The molecule has 4 heteroatoms. The molecule has 15 heavy (non-hydrogen) atoms. The number of hydrogen-bond donors (Lipinski definition) is 1. The van der Waals surface area contributed by atoms with Crippen LogP contribution in [-0.2, 0) is 0 Å². The van der Waals surface area contributed by atoms with Crippen LogP contribution in [0.1, 0.15) is 27.2 Å². The number of thiocarbonyl (C=S) groups is 1. The molecule has 2 N–H and O–H groups in total. The lowest BCUT2D eigenvalue weighted by Crippen LogP contribution is -2.40. The van der Waals surface area contributed by atoms with E-state index in [4.69, 9.17) is 18.0 Å². The Morgan fingerprint density at radius 3 is 2.80 bits per heavy atom. The van der Waals surface area contributed by atoms with E-state index in [1.165, 1.54) is 18.8 Å². The Balaban J connectivity index is 2.33. The number of nitrogens with zero attached hydrogens (tertiary/aromatic N) is 1. The van der Waals surface area contributed by atoms with Gasteiger partial charge in [0.25, 0.3) is 0 Å². The minimum Gasteiger partial charge on any atom is -0.393 e. The second kappa shape index (κ2) is 5.51. The van der Waals surface area contributed by atoms with Gasteiger partial charge in [0.1, 0.15) is 0 Å². The Morgan fingerprint density at radius 2 is 2.27 bits per heavy atom. The maximum Gasteiger partial charge on any atom is 0.0784 e. The monoisotopic (exact) mass is 246 g/mol. The van der Waals surface area contributed by atoms with E-state index < -0.39 is 0 Å². The van der Waals surface area contributed by atoms with Crippen molar-refractivity contribution < 1.29 is 0 Å². The normalized spacial score (nSPS) is 24.1. The van der Waals surface area contributed by atoms with E-state index in [1.807, 2.05) is 0 Å². The standard InChI is InChI=1S/C11H22N2S2/c1-9-8-13(6-7-15-9)5-4-11(2,3)10(12)14/h9H,4-8H2,1-3H3,(H2,12,14). The summed E-state index contributed by atoms with van der Waals surface area (Å²) in [5.74, 6) is 1.26. The van der Waals surface area contributed by atoms with Gasteiger partial charge in [0.15, 0.2) is 0 Å². The van der Waals surface area contributed by atoms with Crippen molar-refractivity contribution >= 4 is 29.0 Å². The molecule has 1 saturated heterocycles. The molecule has 1 aliphatic heterocycles. The van der Waals surface area contributed by atoms with E-state index in [0.717, 1.165) is 18.2 Å². The second-order valence-electron chi connectivity index (χ2n) is 4.98. The molecule has 1 rings (SSSR count). The average molecular weight is 246 g/mol. The van der Waals surface area contributed by atoms with Crippen LogP contribution in [0.2, 0.25) is 0 Å². The summed E-state index contributed by atoms with van der Waals surface area (Å²) in [6.07, 6.45) is 1.07. The Hall–Kier alpha value is 0.200. The fourth-order valence-corrected chi connectivity index (χ4v) is 2.84. The molecule has 0 radical (unpaired) electrons. The first kappa shape index (κ1) is 13.3. The Morgan fingerprint density at radius 1 is 1.60 bits per heavy atom. The largest absolute Gasteiger partial charge is 0.393 e. The van der Waals surface area contributed by atoms with Gasteiger partial charge >= 0.3 is 0 Å². The third kappa shape index (κ3) is 4.29. The van der Waals surface area contributed by atoms with Crippen LogP contribution < -0.4 is 5.73 Å². The van der Waals surface area contributed by atoms with Crippen LogP contribution in [0, 0.1) is 5.41 Å². The quantitative estimate of drug-likeness (QED) is 0.770. The summed E-state index contributed by atoms with van der Waals surface area (Å²) < 4.78 is 0. The highest BCUT2D eigenvalue weighted by Crippen LogP contribution is 2.23. The fraction of sp³-hybridized carbons (Fsp3) is 0.909. The molecule has 1 unspecified atom stereocenters. The summed E-state index contributed by atoms with van der Waals surface area (Å²) >= 11 is 7.15. The highest BCUT2D eigenvalue weighted by Gasteiger charge is 2.24. The third-order valence-corrected chi connectivity index (χ3v) is 4.73. The van der Waals surface area contributed by atoms with Crippen molar-refractivity contribution in [2.24, 2.45) is 11.1 Å². The molecule has 1 atom stereocenters. The summed E-state index contributed by atoms with van der Waals surface area (Å²) in [5.41, 5.74) is 5.73. The van der Waals surface area contributed by atoms with Gasteiger partial charge in [-0.2, -0.15) is 11.8 Å². The Bertz CT molecular complexity index is 229. The number of rotatable bonds is 4. The van der Waals surface area contributed by atoms with Crippen molar-refractivity contribution in [1.29, 1.82) is 0 Å². The van der Waals surface area contributed by atoms with Crippen molar-refractivity contribution in [2.75, 3.05) is 25.4 Å². The third-order valence-electron chi connectivity index (χ3n) is 3.05. The van der Waals surface area contributed by atoms with Crippen LogP contribution in [-0.4, -0.2) is 40.5 Å². The summed E-state index contributed by atoms with van der Waals surface area (Å²) in [5, 5.41) is 0.770. The summed E-state index contributed by atoms with van der Waals surface area (Å²) in [7, 11) is 0. The molecular formula is C11H22N2S2. The molecule has 1 aliphatic rings. The van der Waals surface area contributed by atoms with Gasteiger partial charge in [0.05, 0.1) is 4.99 Å². The molecule has 0 aromatic carbocycles. The molecule has 0 aliphatic carbocycles. The smallest absolute Gasteiger partial charge is 0.0784 e. The first-order valence-electron chi connectivity index (χ1n) is 5.56. The number of nitrogens with two attached hydrogens (primary N) is 1. The van der Waals surface area contributed by atoms with Crippen LogP contribution in [0.3, 0.4) is 0 Å². The minimum absolute atomic E-state index is 0.00314. The van der Waals surface area contributed by atoms with Gasteiger partial charge in [-0.3, -0.25) is 0 Å². The zero-order chi connectivity index (χ0) is 11.5. The zero-order valence-electron chi connectivity index (χ0n) is 9.95. The van der Waals surface area contributed by atoms with Crippen molar-refractivity contribution in [2.45, 2.75) is 32.4 Å². The van der Waals surface area contributed by atoms with E-state index >= 15 is 0 Å². The molecule has 0 spiro atoms. The van der Waals surface area contributed by atoms with Crippen molar-refractivity contribution in [3.05, 3.63) is 0 Å². The molecule has 1 fully saturated rings. The number of hydrogen-bond acceptors (Lipinski definition) is 3. The Labute approximate surface area is 103 Å². The van der Waals surface area contributed by atoms with Gasteiger partial charge in [0, 0.05) is 29.5 Å². The van der Waals surface area contributed by atoms with Crippen molar-refractivity contribution in [1.82, 2.24) is 4.90 Å². The number of thioether (sulfide) groups is 1. The maximum absolute atomic E-state index is 5.72. The van der Waals surface area contributed by atoms with Crippen LogP contribution in [0.4, 0.5) is 0 Å². The fourth-order valence-electron chi connectivity index (χ4n) is 1.65. The lowest BCUT2D eigenvalue weighted by Gasteiger charge is -2.33. The van der Waals surface area contributed by atoms with Crippen LogP contribution in [0.5, 0.6) is 0 Å². The van der Waals surface area contributed by atoms with Gasteiger partial charge < -0.3 is 10.6 Å². The Kier molecular flexibility index (Phi) is 4.87. The molecule has 0 saturated carbocycles. The first-order chi connectivity index (χ1) is 6.92. The van der Waals surface area contributed by atoms with Gasteiger partial charge in [-0.25, -0.2) is 0 Å². The van der Waals surface area contributed by atoms with E-state index in [-0.39, 0.29) is 5.41 Å². The predicted octanol–water partition coefficient (Wildman–Crippen LogP) is 2.13. The SMILES string of the molecule is CC1CN(CCC(C)(C)C(N)=S)CCS1. The van der Waals surface area contributed by atoms with Gasteiger partial charge in [-0.15, -0.1) is 0 Å². The maximum atomic E-state index is 5.72. The van der Waals surface area contributed by atoms with Crippen LogP contribution >= 0.6 is 24.0 Å². The second-order valence-corrected chi connectivity index (χ2v) is 6.97. The van der Waals surface area contributed by atoms with Gasteiger partial charge in [-0.05, 0) is 13.0 Å². The van der Waals surface area contributed by atoms with E-state index in [1.54, 1.807) is 0 Å².